The Kier molecular flexibility index (Phi) is 9.35. The van der Waals surface area contributed by atoms with E-state index in [2.05, 4.69) is 24.3 Å². The predicted octanol–water partition coefficient (Wildman–Crippen LogP) is 10.4. The summed E-state index contributed by atoms with van der Waals surface area (Å²) in [5, 5.41) is 6.90. The van der Waals surface area contributed by atoms with Gasteiger partial charge in [-0.15, -0.1) is 0 Å². The monoisotopic (exact) mass is 714 g/mol. The maximum Gasteiger partial charge on any atom is 0.178 e. The van der Waals surface area contributed by atoms with Crippen LogP contribution >= 0.6 is 14.3 Å². The molecule has 0 spiro atoms. The molecule has 6 heteroatoms. The Morgan fingerprint density at radius 2 is 0.615 bits per heavy atom. The fraction of sp³-hybridized carbons (Fsp3) is 0.0435. The molecule has 0 aliphatic rings. The standard InChI is InChI=1S/C46H36O4P2/c47-51(37-19-5-1-6-20-37,38-21-7-2-8-22-38)33-49-43-31-29-35-17-13-15-27-41(35)45(43)46-42-28-16-14-18-36(42)30-32-44(46)50-34-52(48,39-23-9-3-10-24-39)40-25-11-4-12-26-40/h1-32H,33-34H2. The first-order valence-corrected chi connectivity index (χ1v) is 21.0. The fourth-order valence-electron chi connectivity index (χ4n) is 6.85. The van der Waals surface area contributed by atoms with Gasteiger partial charge >= 0.3 is 0 Å². The topological polar surface area (TPSA) is 52.6 Å². The normalized spacial score (nSPS) is 11.8. The summed E-state index contributed by atoms with van der Waals surface area (Å²) in [6, 6.07) is 62.7. The first-order valence-electron chi connectivity index (χ1n) is 17.2. The minimum atomic E-state index is -3.21. The Hall–Kier alpha value is -5.66. The van der Waals surface area contributed by atoms with Crippen LogP contribution in [0.3, 0.4) is 0 Å². The highest BCUT2D eigenvalue weighted by Crippen LogP contribution is 2.50. The van der Waals surface area contributed by atoms with Gasteiger partial charge in [0.2, 0.25) is 0 Å². The van der Waals surface area contributed by atoms with E-state index in [0.717, 1.165) is 53.9 Å². The van der Waals surface area contributed by atoms with E-state index in [-0.39, 0.29) is 12.7 Å². The van der Waals surface area contributed by atoms with Gasteiger partial charge in [0, 0.05) is 32.3 Å². The minimum absolute atomic E-state index is 0.0372. The second-order valence-electron chi connectivity index (χ2n) is 12.7. The number of fused-ring (bicyclic) bond motifs is 2. The molecule has 0 N–H and O–H groups in total. The third-order valence-corrected chi connectivity index (χ3v) is 15.0. The molecule has 4 nitrogen and oxygen atoms in total. The van der Waals surface area contributed by atoms with Crippen LogP contribution in [0.15, 0.2) is 194 Å². The van der Waals surface area contributed by atoms with Crippen molar-refractivity contribution in [2.24, 2.45) is 0 Å². The summed E-state index contributed by atoms with van der Waals surface area (Å²) in [5.41, 5.74) is 1.65. The molecule has 0 saturated carbocycles. The number of hydrogen-bond acceptors (Lipinski definition) is 4. The van der Waals surface area contributed by atoms with Gasteiger partial charge in [0.1, 0.15) is 24.2 Å². The van der Waals surface area contributed by atoms with E-state index >= 15 is 9.13 Å². The number of benzene rings is 8. The van der Waals surface area contributed by atoms with Crippen LogP contribution in [0.2, 0.25) is 0 Å². The van der Waals surface area contributed by atoms with Gasteiger partial charge in [0.05, 0.1) is 0 Å². The molecule has 254 valence electrons. The Balaban J connectivity index is 1.28. The van der Waals surface area contributed by atoms with Crippen molar-refractivity contribution in [1.29, 1.82) is 0 Å². The van der Waals surface area contributed by atoms with Crippen molar-refractivity contribution in [1.82, 2.24) is 0 Å². The van der Waals surface area contributed by atoms with E-state index in [1.54, 1.807) is 0 Å². The molecule has 0 aromatic heterocycles. The highest BCUT2D eigenvalue weighted by molar-refractivity contribution is 7.79. The summed E-state index contributed by atoms with van der Waals surface area (Å²) in [5.74, 6) is 1.17. The molecule has 8 rings (SSSR count). The molecule has 8 aromatic rings. The molecule has 0 bridgehead atoms. The van der Waals surface area contributed by atoms with Crippen LogP contribution in [-0.4, -0.2) is 12.7 Å². The van der Waals surface area contributed by atoms with Crippen LogP contribution in [0.4, 0.5) is 0 Å². The SMILES string of the molecule is O=P(COc1ccc2ccccc2c1-c1c(OCP(=O)(c2ccccc2)c2ccccc2)ccc2ccccc12)(c1ccccc1)c1ccccc1. The number of hydrogen-bond donors (Lipinski definition) is 0. The molecular weight excluding hydrogens is 678 g/mol. The highest BCUT2D eigenvalue weighted by Gasteiger charge is 2.31. The van der Waals surface area contributed by atoms with E-state index in [1.165, 1.54) is 0 Å². The van der Waals surface area contributed by atoms with Gasteiger partial charge in [-0.25, -0.2) is 0 Å². The summed E-state index contributed by atoms with van der Waals surface area (Å²) >= 11 is 0. The number of rotatable bonds is 11. The minimum Gasteiger partial charge on any atom is -0.485 e. The lowest BCUT2D eigenvalue weighted by molar-refractivity contribution is 0.377. The molecule has 0 aliphatic heterocycles. The molecule has 0 atom stereocenters. The lowest BCUT2D eigenvalue weighted by Gasteiger charge is -2.24. The first-order chi connectivity index (χ1) is 25.5. The molecule has 0 aliphatic carbocycles. The summed E-state index contributed by atoms with van der Waals surface area (Å²) in [7, 11) is -6.43. The van der Waals surface area contributed by atoms with Gasteiger partial charge in [-0.2, -0.15) is 0 Å². The average Bonchev–Trinajstić information content (AvgIpc) is 3.23. The third kappa shape index (κ3) is 6.37. The van der Waals surface area contributed by atoms with Gasteiger partial charge in [0.25, 0.3) is 0 Å². The van der Waals surface area contributed by atoms with E-state index in [0.29, 0.717) is 11.5 Å². The van der Waals surface area contributed by atoms with Gasteiger partial charge in [-0.05, 0) is 33.7 Å². The predicted molar refractivity (Wildman–Crippen MR) is 217 cm³/mol. The van der Waals surface area contributed by atoms with Crippen LogP contribution in [0, 0.1) is 0 Å². The molecule has 0 radical (unpaired) electrons. The zero-order valence-electron chi connectivity index (χ0n) is 28.4. The molecule has 0 fully saturated rings. The zero-order chi connectivity index (χ0) is 35.4. The quantitative estimate of drug-likeness (QED) is 0.125. The summed E-state index contributed by atoms with van der Waals surface area (Å²) in [4.78, 5) is 0. The van der Waals surface area contributed by atoms with Gasteiger partial charge in [-0.3, -0.25) is 0 Å². The van der Waals surface area contributed by atoms with Crippen LogP contribution in [-0.2, 0) is 9.13 Å². The maximum absolute atomic E-state index is 15.1. The van der Waals surface area contributed by atoms with Crippen molar-refractivity contribution in [2.75, 3.05) is 12.7 Å². The second-order valence-corrected chi connectivity index (χ2v) is 18.2. The molecule has 8 aromatic carbocycles. The van der Waals surface area contributed by atoms with Gasteiger partial charge < -0.3 is 18.6 Å². The van der Waals surface area contributed by atoms with Crippen molar-refractivity contribution in [3.8, 4) is 22.6 Å². The van der Waals surface area contributed by atoms with E-state index < -0.39 is 14.3 Å². The Labute approximate surface area is 304 Å². The van der Waals surface area contributed by atoms with E-state index in [1.807, 2.05) is 170 Å². The summed E-state index contributed by atoms with van der Waals surface area (Å²) < 4.78 is 43.7. The van der Waals surface area contributed by atoms with Crippen molar-refractivity contribution in [2.45, 2.75) is 0 Å². The van der Waals surface area contributed by atoms with Crippen molar-refractivity contribution in [3.63, 3.8) is 0 Å². The smallest absolute Gasteiger partial charge is 0.178 e. The molecule has 0 saturated heterocycles. The molecule has 0 heterocycles. The highest BCUT2D eigenvalue weighted by atomic mass is 31.2. The number of ether oxygens (including phenoxy) is 2. The fourth-order valence-corrected chi connectivity index (χ4v) is 11.3. The average molecular weight is 715 g/mol. The lowest BCUT2D eigenvalue weighted by atomic mass is 9.92. The molecular formula is C46H36O4P2. The van der Waals surface area contributed by atoms with Crippen molar-refractivity contribution >= 4 is 57.0 Å². The lowest BCUT2D eigenvalue weighted by Crippen LogP contribution is -2.21. The summed E-state index contributed by atoms with van der Waals surface area (Å²) in [6.07, 6.45) is -0.0743. The van der Waals surface area contributed by atoms with E-state index in [9.17, 15) is 0 Å². The first kappa shape index (κ1) is 33.5. The molecule has 52 heavy (non-hydrogen) atoms. The Morgan fingerprint density at radius 3 is 0.942 bits per heavy atom. The van der Waals surface area contributed by atoms with Gasteiger partial charge in [0.15, 0.2) is 14.3 Å². The van der Waals surface area contributed by atoms with Crippen molar-refractivity contribution < 1.29 is 18.6 Å². The van der Waals surface area contributed by atoms with Crippen LogP contribution in [0.5, 0.6) is 11.5 Å². The Bertz CT molecular complexity index is 2300. The maximum atomic E-state index is 15.1. The largest absolute Gasteiger partial charge is 0.485 e. The van der Waals surface area contributed by atoms with Crippen LogP contribution < -0.4 is 30.7 Å². The second kappa shape index (κ2) is 14.5. The summed E-state index contributed by atoms with van der Waals surface area (Å²) in [6.45, 7) is 0. The zero-order valence-corrected chi connectivity index (χ0v) is 30.2. The van der Waals surface area contributed by atoms with E-state index in [4.69, 9.17) is 9.47 Å². The third-order valence-electron chi connectivity index (χ3n) is 9.53. The Morgan fingerprint density at radius 1 is 0.327 bits per heavy atom. The molecule has 0 amide bonds. The van der Waals surface area contributed by atoms with Crippen molar-refractivity contribution in [3.05, 3.63) is 194 Å². The van der Waals surface area contributed by atoms with Crippen LogP contribution in [0.1, 0.15) is 0 Å². The van der Waals surface area contributed by atoms with Crippen LogP contribution in [0.25, 0.3) is 32.7 Å². The van der Waals surface area contributed by atoms with Gasteiger partial charge in [-0.1, -0.05) is 182 Å². The molecule has 0 unspecified atom stereocenters.